The molecule has 0 bridgehead atoms. The van der Waals surface area contributed by atoms with E-state index in [2.05, 4.69) is 15.3 Å². The molecule has 12 heteroatoms. The van der Waals surface area contributed by atoms with Gasteiger partial charge in [0.05, 0.1) is 24.8 Å². The molecule has 4 rings (SSSR count). The van der Waals surface area contributed by atoms with Crippen LogP contribution in [-0.4, -0.2) is 57.8 Å². The molecular weight excluding hydrogens is 544 g/mol. The number of aromatic nitrogens is 2. The standard InChI is InChI=1S/C29H34F4N4O4/c1-15(19-10-7-11-21(23(19)30)29(32,33)28(4,5)39)34-27-20-13-22(41-14-18-9-8-12-37(18)17(3)38)26(40-6)24(31)25(20)35-16(2)36-27/h7,10-11,13,15,18,39H,8-9,12,14H2,1-6H3,(H,34,35,36)/t15-,18+/m1/s1. The van der Waals surface area contributed by atoms with E-state index in [9.17, 15) is 18.7 Å². The molecule has 0 spiro atoms. The Morgan fingerprint density at radius 1 is 1.24 bits per heavy atom. The monoisotopic (exact) mass is 578 g/mol. The molecule has 41 heavy (non-hydrogen) atoms. The number of methoxy groups -OCH3 is 1. The highest BCUT2D eigenvalue weighted by Crippen LogP contribution is 2.42. The number of likely N-dealkylation sites (tertiary alicyclic amines) is 1. The number of carbonyl (C=O) groups excluding carboxylic acids is 1. The second-order valence-corrected chi connectivity index (χ2v) is 10.8. The Balaban J connectivity index is 1.72. The van der Waals surface area contributed by atoms with E-state index in [0.717, 1.165) is 32.8 Å². The summed E-state index contributed by atoms with van der Waals surface area (Å²) in [7, 11) is 1.29. The Morgan fingerprint density at radius 2 is 1.95 bits per heavy atom. The van der Waals surface area contributed by atoms with E-state index >= 15 is 8.78 Å². The third kappa shape index (κ3) is 5.74. The van der Waals surface area contributed by atoms with E-state index in [1.54, 1.807) is 18.7 Å². The molecule has 0 aliphatic carbocycles. The number of aliphatic hydroxyl groups is 1. The van der Waals surface area contributed by atoms with E-state index in [4.69, 9.17) is 9.47 Å². The smallest absolute Gasteiger partial charge is 0.303 e. The summed E-state index contributed by atoms with van der Waals surface area (Å²) < 4.78 is 72.0. The number of benzene rings is 2. The Hall–Kier alpha value is -3.67. The predicted octanol–water partition coefficient (Wildman–Crippen LogP) is 5.65. The van der Waals surface area contributed by atoms with Crippen LogP contribution in [-0.2, 0) is 10.7 Å². The molecule has 1 saturated heterocycles. The van der Waals surface area contributed by atoms with Gasteiger partial charge in [-0.1, -0.05) is 12.1 Å². The number of nitrogens with zero attached hydrogens (tertiary/aromatic N) is 3. The largest absolute Gasteiger partial charge is 0.490 e. The molecule has 2 atom stereocenters. The topological polar surface area (TPSA) is 96.8 Å². The molecule has 2 aromatic carbocycles. The average Bonchev–Trinajstić information content (AvgIpc) is 3.36. The van der Waals surface area contributed by atoms with Crippen LogP contribution >= 0.6 is 0 Å². The summed E-state index contributed by atoms with van der Waals surface area (Å²) in [5, 5.41) is 13.2. The lowest BCUT2D eigenvalue weighted by atomic mass is 9.91. The number of alkyl halides is 2. The highest BCUT2D eigenvalue weighted by molar-refractivity contribution is 5.92. The molecule has 1 aliphatic heterocycles. The maximum atomic E-state index is 15.7. The van der Waals surface area contributed by atoms with Gasteiger partial charge in [0, 0.05) is 24.4 Å². The minimum Gasteiger partial charge on any atom is -0.490 e. The number of hydrogen-bond acceptors (Lipinski definition) is 7. The van der Waals surface area contributed by atoms with Crippen LogP contribution in [0.4, 0.5) is 23.4 Å². The van der Waals surface area contributed by atoms with Crippen molar-refractivity contribution >= 4 is 22.6 Å². The lowest BCUT2D eigenvalue weighted by molar-refractivity contribution is -0.170. The number of hydrogen-bond donors (Lipinski definition) is 2. The predicted molar refractivity (Wildman–Crippen MR) is 145 cm³/mol. The Morgan fingerprint density at radius 3 is 2.59 bits per heavy atom. The highest BCUT2D eigenvalue weighted by atomic mass is 19.3. The van der Waals surface area contributed by atoms with Crippen molar-refractivity contribution in [3.05, 3.63) is 52.9 Å². The minimum absolute atomic E-state index is 0.0639. The molecule has 0 radical (unpaired) electrons. The van der Waals surface area contributed by atoms with Crippen molar-refractivity contribution in [1.29, 1.82) is 0 Å². The average molecular weight is 579 g/mol. The summed E-state index contributed by atoms with van der Waals surface area (Å²) in [5.41, 5.74) is -3.63. The lowest BCUT2D eigenvalue weighted by Crippen LogP contribution is -2.41. The van der Waals surface area contributed by atoms with Crippen molar-refractivity contribution < 1.29 is 36.9 Å². The number of ether oxygens (including phenoxy) is 2. The van der Waals surface area contributed by atoms with Crippen LogP contribution in [0.15, 0.2) is 24.3 Å². The van der Waals surface area contributed by atoms with E-state index in [-0.39, 0.29) is 58.2 Å². The van der Waals surface area contributed by atoms with Crippen molar-refractivity contribution in [2.45, 2.75) is 71.1 Å². The van der Waals surface area contributed by atoms with Crippen LogP contribution in [0.5, 0.6) is 11.5 Å². The fourth-order valence-corrected chi connectivity index (χ4v) is 5.05. The highest BCUT2D eigenvalue weighted by Gasteiger charge is 2.49. The Kier molecular flexibility index (Phi) is 8.35. The van der Waals surface area contributed by atoms with Crippen molar-refractivity contribution in [2.24, 2.45) is 0 Å². The van der Waals surface area contributed by atoms with Crippen LogP contribution in [0.3, 0.4) is 0 Å². The number of halogens is 4. The van der Waals surface area contributed by atoms with Crippen molar-refractivity contribution in [3.63, 3.8) is 0 Å². The molecule has 1 amide bonds. The second-order valence-electron chi connectivity index (χ2n) is 10.8. The number of aryl methyl sites for hydroxylation is 1. The minimum atomic E-state index is -3.87. The first-order chi connectivity index (χ1) is 19.2. The quantitative estimate of drug-likeness (QED) is 0.317. The van der Waals surface area contributed by atoms with E-state index in [0.29, 0.717) is 6.54 Å². The maximum absolute atomic E-state index is 15.7. The zero-order valence-corrected chi connectivity index (χ0v) is 23.8. The Labute approximate surface area is 235 Å². The summed E-state index contributed by atoms with van der Waals surface area (Å²) in [4.78, 5) is 22.2. The summed E-state index contributed by atoms with van der Waals surface area (Å²) in [5.74, 6) is -5.71. The molecule has 222 valence electrons. The van der Waals surface area contributed by atoms with Gasteiger partial charge < -0.3 is 24.8 Å². The molecule has 1 aliphatic rings. The molecule has 2 heterocycles. The first-order valence-electron chi connectivity index (χ1n) is 13.3. The number of rotatable bonds is 9. The van der Waals surface area contributed by atoms with E-state index < -0.39 is 34.8 Å². The van der Waals surface area contributed by atoms with Gasteiger partial charge in [-0.05, 0) is 52.7 Å². The molecule has 1 fully saturated rings. The van der Waals surface area contributed by atoms with Crippen molar-refractivity contribution in [3.8, 4) is 11.5 Å². The van der Waals surface area contributed by atoms with Crippen LogP contribution in [0.25, 0.3) is 10.9 Å². The fourth-order valence-electron chi connectivity index (χ4n) is 5.05. The maximum Gasteiger partial charge on any atom is 0.303 e. The first-order valence-corrected chi connectivity index (χ1v) is 13.3. The van der Waals surface area contributed by atoms with Crippen LogP contribution < -0.4 is 14.8 Å². The zero-order valence-electron chi connectivity index (χ0n) is 23.8. The third-order valence-electron chi connectivity index (χ3n) is 7.34. The summed E-state index contributed by atoms with van der Waals surface area (Å²) in [6, 6.07) is 3.96. The van der Waals surface area contributed by atoms with Gasteiger partial charge in [0.1, 0.15) is 35.2 Å². The summed E-state index contributed by atoms with van der Waals surface area (Å²) in [6.07, 6.45) is 1.57. The van der Waals surface area contributed by atoms with Crippen molar-refractivity contribution in [2.75, 3.05) is 25.6 Å². The van der Waals surface area contributed by atoms with Gasteiger partial charge in [0.25, 0.3) is 0 Å². The molecule has 1 aromatic heterocycles. The molecule has 0 saturated carbocycles. The van der Waals surface area contributed by atoms with E-state index in [1.807, 2.05) is 0 Å². The lowest BCUT2D eigenvalue weighted by Gasteiger charge is -2.30. The fraction of sp³-hybridized carbons (Fsp3) is 0.483. The van der Waals surface area contributed by atoms with Gasteiger partial charge in [-0.3, -0.25) is 4.79 Å². The number of nitrogens with one attached hydrogen (secondary N) is 1. The Bertz CT molecular complexity index is 1460. The zero-order chi connectivity index (χ0) is 30.3. The molecule has 8 nitrogen and oxygen atoms in total. The van der Waals surface area contributed by atoms with Gasteiger partial charge in [-0.2, -0.15) is 8.78 Å². The van der Waals surface area contributed by atoms with Gasteiger partial charge >= 0.3 is 5.92 Å². The summed E-state index contributed by atoms with van der Waals surface area (Å²) >= 11 is 0. The normalized spacial score (nSPS) is 16.7. The molecule has 0 unspecified atom stereocenters. The SMILES string of the molecule is COc1c(OC[C@@H]2CCCN2C(C)=O)cc2c(N[C@H](C)c3cccc(C(F)(F)C(C)(C)O)c3F)nc(C)nc2c1F. The van der Waals surface area contributed by atoms with Gasteiger partial charge in [-0.25, -0.2) is 18.7 Å². The molecular formula is C29H34F4N4O4. The molecule has 2 N–H and O–H groups in total. The van der Waals surface area contributed by atoms with Gasteiger partial charge in [0.15, 0.2) is 17.3 Å². The van der Waals surface area contributed by atoms with Crippen molar-refractivity contribution in [1.82, 2.24) is 14.9 Å². The van der Waals surface area contributed by atoms with Crippen LogP contribution in [0, 0.1) is 18.6 Å². The number of anilines is 1. The van der Waals surface area contributed by atoms with Crippen LogP contribution in [0.2, 0.25) is 0 Å². The second kappa shape index (κ2) is 11.3. The first kappa shape index (κ1) is 30.3. The van der Waals surface area contributed by atoms with E-state index in [1.165, 1.54) is 32.2 Å². The third-order valence-corrected chi connectivity index (χ3v) is 7.34. The van der Waals surface area contributed by atoms with Gasteiger partial charge in [0.2, 0.25) is 5.91 Å². The summed E-state index contributed by atoms with van der Waals surface area (Å²) in [6.45, 7) is 7.12. The number of carbonyl (C=O) groups is 1. The number of amides is 1. The number of fused-ring (bicyclic) bond motifs is 1. The molecule has 3 aromatic rings. The van der Waals surface area contributed by atoms with Crippen LogP contribution in [0.1, 0.15) is 63.5 Å². The van der Waals surface area contributed by atoms with Gasteiger partial charge in [-0.15, -0.1) is 0 Å².